The van der Waals surface area contributed by atoms with Crippen LogP contribution in [0, 0.1) is 0 Å². The standard InChI is InChI=1S/C33H44O12Si4/c1-46(2,44-48(5,6)22-18-20-24-26(28(22)40-20)32(36)42-30(24)34)16-10-14-38-12-9-13-39-15-11-17-47(3,4)45-49(7,8)23-19-21-25-27(29(23)41-21)33(37)43-31(25)35/h18-19H,9-17H2,1-8H3. The van der Waals surface area contributed by atoms with Gasteiger partial charge in [0.25, 0.3) is 0 Å². The van der Waals surface area contributed by atoms with Gasteiger partial charge in [-0.25, -0.2) is 19.2 Å². The molecule has 49 heavy (non-hydrogen) atoms. The van der Waals surface area contributed by atoms with Crippen molar-refractivity contribution in [2.24, 2.45) is 0 Å². The summed E-state index contributed by atoms with van der Waals surface area (Å²) in [5.41, 5.74) is 2.64. The van der Waals surface area contributed by atoms with Crippen molar-refractivity contribution in [3.63, 3.8) is 0 Å². The molecule has 4 aromatic rings. The SMILES string of the molecule is C[Si](C)(CCCOCCCOCCC[Si](C)(C)O[Si](C)(C)c1cc2oc1c1c2C(=O)OC1=O)O[Si](C)(C)c1cc2oc1c1c2C(=O)OC1=O. The molecule has 0 radical (unpaired) electrons. The number of carbonyl (C=O) groups excluding carboxylic acids is 4. The molecule has 0 saturated heterocycles. The number of benzene rings is 2. The summed E-state index contributed by atoms with van der Waals surface area (Å²) in [6, 6.07) is 5.56. The summed E-state index contributed by atoms with van der Waals surface area (Å²) >= 11 is 0. The molecule has 0 saturated carbocycles. The van der Waals surface area contributed by atoms with Crippen molar-refractivity contribution >= 4 is 89.9 Å². The fourth-order valence-electron chi connectivity index (χ4n) is 7.20. The minimum Gasteiger partial charge on any atom is -0.456 e. The Balaban J connectivity index is 0.848. The Labute approximate surface area is 288 Å². The normalized spacial score (nSPS) is 15.7. The smallest absolute Gasteiger partial charge is 0.350 e. The highest BCUT2D eigenvalue weighted by Crippen LogP contribution is 2.37. The number of rotatable bonds is 18. The van der Waals surface area contributed by atoms with Gasteiger partial charge in [0.15, 0.2) is 16.6 Å². The van der Waals surface area contributed by atoms with E-state index in [0.717, 1.165) is 41.7 Å². The highest BCUT2D eigenvalue weighted by atomic mass is 28.4. The highest BCUT2D eigenvalue weighted by molar-refractivity contribution is 6.94. The molecule has 0 aliphatic carbocycles. The summed E-state index contributed by atoms with van der Waals surface area (Å²) in [5, 5.41) is 1.79. The molecule has 12 nitrogen and oxygen atoms in total. The first-order valence-corrected chi connectivity index (χ1v) is 28.8. The third kappa shape index (κ3) is 7.01. The molecule has 4 bridgehead atoms. The van der Waals surface area contributed by atoms with Gasteiger partial charge in [-0.15, -0.1) is 0 Å². The zero-order chi connectivity index (χ0) is 35.5. The topological polar surface area (TPSA) is 150 Å². The minimum absolute atomic E-state index is 0.238. The molecule has 0 amide bonds. The first-order chi connectivity index (χ1) is 22.9. The van der Waals surface area contributed by atoms with E-state index < -0.39 is 57.1 Å². The zero-order valence-corrected chi connectivity index (χ0v) is 33.4. The van der Waals surface area contributed by atoms with E-state index in [0.29, 0.717) is 48.8 Å². The zero-order valence-electron chi connectivity index (χ0n) is 29.4. The lowest BCUT2D eigenvalue weighted by Gasteiger charge is -2.33. The average molecular weight is 745 g/mol. The van der Waals surface area contributed by atoms with Gasteiger partial charge >= 0.3 is 23.9 Å². The molecule has 16 heteroatoms. The van der Waals surface area contributed by atoms with Crippen LogP contribution in [0.2, 0.25) is 64.5 Å². The largest absolute Gasteiger partial charge is 0.456 e. The summed E-state index contributed by atoms with van der Waals surface area (Å²) in [6.45, 7) is 19.8. The molecular formula is C33H44O12Si4. The minimum atomic E-state index is -2.42. The van der Waals surface area contributed by atoms with Crippen molar-refractivity contribution in [1.82, 2.24) is 0 Å². The Bertz CT molecular complexity index is 1770. The van der Waals surface area contributed by atoms with Gasteiger partial charge in [0, 0.05) is 36.8 Å². The lowest BCUT2D eigenvalue weighted by molar-refractivity contribution is 0.0425. The van der Waals surface area contributed by atoms with Gasteiger partial charge < -0.3 is 36.0 Å². The van der Waals surface area contributed by atoms with Gasteiger partial charge in [0.05, 0.1) is 0 Å². The van der Waals surface area contributed by atoms with Crippen molar-refractivity contribution in [3.05, 3.63) is 34.4 Å². The van der Waals surface area contributed by atoms with E-state index in [9.17, 15) is 19.2 Å². The molecule has 264 valence electrons. The van der Waals surface area contributed by atoms with Gasteiger partial charge in [-0.3, -0.25) is 0 Å². The summed E-state index contributed by atoms with van der Waals surface area (Å²) in [5.74, 6) is -2.58. The van der Waals surface area contributed by atoms with Crippen molar-refractivity contribution in [3.8, 4) is 0 Å². The third-order valence-electron chi connectivity index (χ3n) is 9.17. The maximum atomic E-state index is 12.2. The summed E-state index contributed by atoms with van der Waals surface area (Å²) in [4.78, 5) is 48.3. The molecule has 0 aromatic carbocycles. The monoisotopic (exact) mass is 744 g/mol. The van der Waals surface area contributed by atoms with Gasteiger partial charge in [-0.2, -0.15) is 0 Å². The fourth-order valence-corrected chi connectivity index (χ4v) is 24.3. The molecule has 2 aliphatic heterocycles. The molecule has 0 spiro atoms. The third-order valence-corrected chi connectivity index (χ3v) is 24.1. The van der Waals surface area contributed by atoms with Crippen molar-refractivity contribution in [2.75, 3.05) is 26.4 Å². The van der Waals surface area contributed by atoms with Crippen LogP contribution in [0.4, 0.5) is 0 Å². The number of ether oxygens (including phenoxy) is 4. The van der Waals surface area contributed by atoms with E-state index in [2.05, 4.69) is 52.4 Å². The van der Waals surface area contributed by atoms with Crippen LogP contribution in [0.3, 0.4) is 0 Å². The Kier molecular flexibility index (Phi) is 9.49. The van der Waals surface area contributed by atoms with Crippen LogP contribution >= 0.6 is 0 Å². The van der Waals surface area contributed by atoms with Crippen molar-refractivity contribution < 1.29 is 55.2 Å². The first kappa shape index (κ1) is 35.8. The Morgan fingerprint density at radius 1 is 0.510 bits per heavy atom. The molecule has 4 aromatic heterocycles. The quantitative estimate of drug-likeness (QED) is 0.0521. The number of hydrogen-bond acceptors (Lipinski definition) is 12. The second-order valence-electron chi connectivity index (χ2n) is 15.1. The Morgan fingerprint density at radius 2 is 0.857 bits per heavy atom. The number of fused-ring (bicyclic) bond motifs is 10. The summed E-state index contributed by atoms with van der Waals surface area (Å²) in [6.07, 6.45) is 2.61. The van der Waals surface area contributed by atoms with Crippen LogP contribution in [0.15, 0.2) is 21.0 Å². The fraction of sp³-hybridized carbons (Fsp3) is 0.515. The van der Waals surface area contributed by atoms with E-state index in [1.807, 2.05) is 12.1 Å². The Morgan fingerprint density at radius 3 is 1.24 bits per heavy atom. The maximum Gasteiger partial charge on any atom is 0.350 e. The predicted octanol–water partition coefficient (Wildman–Crippen LogP) is 5.85. The molecule has 2 aliphatic rings. The van der Waals surface area contributed by atoms with Gasteiger partial charge in [-0.1, -0.05) is 0 Å². The second-order valence-corrected chi connectivity index (χ2v) is 31.9. The predicted molar refractivity (Wildman–Crippen MR) is 191 cm³/mol. The van der Waals surface area contributed by atoms with E-state index >= 15 is 0 Å². The van der Waals surface area contributed by atoms with Crippen LogP contribution < -0.4 is 10.4 Å². The van der Waals surface area contributed by atoms with E-state index in [1.165, 1.54) is 0 Å². The number of carbonyl (C=O) groups is 4. The molecule has 6 heterocycles. The number of furan rings is 4. The molecule has 0 unspecified atom stereocenters. The van der Waals surface area contributed by atoms with Crippen LogP contribution in [-0.2, 0) is 27.2 Å². The lowest BCUT2D eigenvalue weighted by Crippen LogP contribution is -2.52. The van der Waals surface area contributed by atoms with E-state index in [1.54, 1.807) is 0 Å². The highest BCUT2D eigenvalue weighted by Gasteiger charge is 2.46. The molecule has 0 atom stereocenters. The van der Waals surface area contributed by atoms with Crippen LogP contribution in [0.5, 0.6) is 0 Å². The number of cyclic esters (lactones) is 4. The van der Waals surface area contributed by atoms with Crippen LogP contribution in [0.1, 0.15) is 60.7 Å². The number of esters is 4. The first-order valence-electron chi connectivity index (χ1n) is 16.8. The lowest BCUT2D eigenvalue weighted by atomic mass is 10.1. The van der Waals surface area contributed by atoms with Crippen LogP contribution in [0.25, 0.3) is 22.3 Å². The molecular weight excluding hydrogens is 701 g/mol. The Hall–Kier alpha value is -2.97. The molecule has 6 rings (SSSR count). The average Bonchev–Trinajstić information content (AvgIpc) is 3.82. The van der Waals surface area contributed by atoms with Gasteiger partial charge in [0.1, 0.15) is 44.6 Å². The number of hydrogen-bond donors (Lipinski definition) is 0. The molecule has 0 fully saturated rings. The van der Waals surface area contributed by atoms with Crippen LogP contribution in [-0.4, -0.2) is 83.6 Å². The van der Waals surface area contributed by atoms with Gasteiger partial charge in [-0.05, 0) is 95.9 Å². The summed E-state index contributed by atoms with van der Waals surface area (Å²) < 4.78 is 46.5. The van der Waals surface area contributed by atoms with Crippen molar-refractivity contribution in [2.45, 2.75) is 83.7 Å². The van der Waals surface area contributed by atoms with Gasteiger partial charge in [0.2, 0.25) is 16.6 Å². The van der Waals surface area contributed by atoms with E-state index in [-0.39, 0.29) is 22.3 Å². The second kappa shape index (κ2) is 13.0. The molecule has 0 N–H and O–H groups in total. The summed E-state index contributed by atoms with van der Waals surface area (Å²) in [7, 11) is -8.94. The van der Waals surface area contributed by atoms with E-state index in [4.69, 9.17) is 36.0 Å². The van der Waals surface area contributed by atoms with Crippen molar-refractivity contribution in [1.29, 1.82) is 0 Å². The maximum absolute atomic E-state index is 12.2.